The van der Waals surface area contributed by atoms with Gasteiger partial charge in [0.05, 0.1) is 0 Å². The van der Waals surface area contributed by atoms with Crippen molar-refractivity contribution in [3.8, 4) is 0 Å². The zero-order valence-corrected chi connectivity index (χ0v) is 10.5. The summed E-state index contributed by atoms with van der Waals surface area (Å²) in [7, 11) is 0. The first-order chi connectivity index (χ1) is 8.33. The van der Waals surface area contributed by atoms with Crippen LogP contribution < -0.4 is 5.32 Å². The summed E-state index contributed by atoms with van der Waals surface area (Å²) in [5, 5.41) is 3.68. The van der Waals surface area contributed by atoms with Gasteiger partial charge in [-0.15, -0.1) is 0 Å². The van der Waals surface area contributed by atoms with Crippen LogP contribution in [0.4, 0.5) is 0 Å². The molecule has 92 valence electrons. The van der Waals surface area contributed by atoms with Gasteiger partial charge in [0, 0.05) is 44.1 Å². The van der Waals surface area contributed by atoms with E-state index in [4.69, 9.17) is 0 Å². The topological polar surface area (TPSA) is 28.2 Å². The smallest absolute Gasteiger partial charge is 0.0300 e. The minimum atomic E-state index is 0.683. The predicted octanol–water partition coefficient (Wildman–Crippen LogP) is 1.72. The van der Waals surface area contributed by atoms with Gasteiger partial charge in [0.1, 0.15) is 0 Å². The fourth-order valence-electron chi connectivity index (χ4n) is 2.68. The lowest BCUT2D eigenvalue weighted by Crippen LogP contribution is -2.33. The maximum absolute atomic E-state index is 4.13. The molecule has 1 saturated heterocycles. The number of hydrogen-bond donors (Lipinski definition) is 1. The van der Waals surface area contributed by atoms with Gasteiger partial charge in [-0.2, -0.15) is 0 Å². The lowest BCUT2D eigenvalue weighted by molar-refractivity contribution is 0.317. The Balaban J connectivity index is 1.50. The van der Waals surface area contributed by atoms with E-state index in [0.29, 0.717) is 6.04 Å². The number of pyridine rings is 1. The van der Waals surface area contributed by atoms with Crippen LogP contribution in [0, 0.1) is 6.92 Å². The van der Waals surface area contributed by atoms with Crippen molar-refractivity contribution < 1.29 is 0 Å². The van der Waals surface area contributed by atoms with E-state index < -0.39 is 0 Å². The second-order valence-electron chi connectivity index (χ2n) is 5.39. The minimum Gasteiger partial charge on any atom is -0.309 e. The zero-order chi connectivity index (χ0) is 11.7. The summed E-state index contributed by atoms with van der Waals surface area (Å²) >= 11 is 0. The van der Waals surface area contributed by atoms with E-state index in [2.05, 4.69) is 28.2 Å². The average Bonchev–Trinajstić information content (AvgIpc) is 3.08. The quantitative estimate of drug-likeness (QED) is 0.855. The van der Waals surface area contributed by atoms with Crippen LogP contribution in [0.15, 0.2) is 18.5 Å². The van der Waals surface area contributed by atoms with E-state index in [1.165, 1.54) is 43.5 Å². The van der Waals surface area contributed by atoms with E-state index >= 15 is 0 Å². The second-order valence-corrected chi connectivity index (χ2v) is 5.39. The van der Waals surface area contributed by atoms with Crippen molar-refractivity contribution in [1.82, 2.24) is 15.2 Å². The molecule has 0 aromatic carbocycles. The third-order valence-electron chi connectivity index (χ3n) is 4.00. The third-order valence-corrected chi connectivity index (χ3v) is 4.00. The molecular formula is C14H21N3. The molecule has 0 amide bonds. The van der Waals surface area contributed by atoms with Crippen molar-refractivity contribution in [2.24, 2.45) is 0 Å². The fourth-order valence-corrected chi connectivity index (χ4v) is 2.68. The molecule has 0 bridgehead atoms. The van der Waals surface area contributed by atoms with Crippen LogP contribution in [0.1, 0.15) is 30.4 Å². The Morgan fingerprint density at radius 1 is 1.41 bits per heavy atom. The number of aryl methyl sites for hydroxylation is 1. The summed E-state index contributed by atoms with van der Waals surface area (Å²) in [5.74, 6) is 0. The largest absolute Gasteiger partial charge is 0.309 e. The zero-order valence-electron chi connectivity index (χ0n) is 10.5. The Kier molecular flexibility index (Phi) is 3.12. The number of aromatic nitrogens is 1. The van der Waals surface area contributed by atoms with Crippen LogP contribution in [0.5, 0.6) is 0 Å². The van der Waals surface area contributed by atoms with Gasteiger partial charge in [-0.25, -0.2) is 0 Å². The van der Waals surface area contributed by atoms with Gasteiger partial charge >= 0.3 is 0 Å². The molecule has 1 N–H and O–H groups in total. The van der Waals surface area contributed by atoms with E-state index in [9.17, 15) is 0 Å². The maximum atomic E-state index is 4.13. The first-order valence-electron chi connectivity index (χ1n) is 6.70. The average molecular weight is 231 g/mol. The molecule has 1 aromatic heterocycles. The third kappa shape index (κ3) is 2.67. The molecule has 0 radical (unpaired) electrons. The predicted molar refractivity (Wildman–Crippen MR) is 68.8 cm³/mol. The van der Waals surface area contributed by atoms with Crippen LogP contribution in [0.25, 0.3) is 0 Å². The maximum Gasteiger partial charge on any atom is 0.0300 e. The van der Waals surface area contributed by atoms with Gasteiger partial charge in [-0.1, -0.05) is 0 Å². The highest BCUT2D eigenvalue weighted by atomic mass is 15.2. The molecule has 1 unspecified atom stereocenters. The van der Waals surface area contributed by atoms with Crippen molar-refractivity contribution in [3.63, 3.8) is 0 Å². The van der Waals surface area contributed by atoms with Crippen LogP contribution in [-0.2, 0) is 6.54 Å². The lowest BCUT2D eigenvalue weighted by atomic mass is 10.1. The SMILES string of the molecule is Cc1cnccc1CNC1CCN(C2CC2)C1. The van der Waals surface area contributed by atoms with Crippen molar-refractivity contribution in [2.45, 2.75) is 44.8 Å². The van der Waals surface area contributed by atoms with Crippen LogP contribution in [0.3, 0.4) is 0 Å². The molecule has 1 atom stereocenters. The van der Waals surface area contributed by atoms with Gasteiger partial charge in [-0.05, 0) is 43.4 Å². The monoisotopic (exact) mass is 231 g/mol. The molecule has 2 aliphatic rings. The molecule has 3 nitrogen and oxygen atoms in total. The molecule has 3 rings (SSSR count). The summed E-state index contributed by atoms with van der Waals surface area (Å²) in [6.45, 7) is 5.65. The molecule has 17 heavy (non-hydrogen) atoms. The Morgan fingerprint density at radius 3 is 3.06 bits per heavy atom. The number of rotatable bonds is 4. The second kappa shape index (κ2) is 4.75. The van der Waals surface area contributed by atoms with E-state index in [0.717, 1.165) is 12.6 Å². The molecule has 0 spiro atoms. The van der Waals surface area contributed by atoms with Crippen LogP contribution in [0.2, 0.25) is 0 Å². The van der Waals surface area contributed by atoms with Gasteiger partial charge in [-0.3, -0.25) is 9.88 Å². The standard InChI is InChI=1S/C14H21N3/c1-11-8-15-6-4-12(11)9-16-13-5-7-17(10-13)14-2-3-14/h4,6,8,13-14,16H,2-3,5,7,9-10H2,1H3. The van der Waals surface area contributed by atoms with E-state index in [-0.39, 0.29) is 0 Å². The van der Waals surface area contributed by atoms with Gasteiger partial charge < -0.3 is 5.32 Å². The molecule has 1 aliphatic heterocycles. The molecule has 1 saturated carbocycles. The number of nitrogens with zero attached hydrogens (tertiary/aromatic N) is 2. The van der Waals surface area contributed by atoms with Crippen molar-refractivity contribution in [1.29, 1.82) is 0 Å². The van der Waals surface area contributed by atoms with Crippen LogP contribution >= 0.6 is 0 Å². The van der Waals surface area contributed by atoms with Crippen molar-refractivity contribution >= 4 is 0 Å². The van der Waals surface area contributed by atoms with Gasteiger partial charge in [0.2, 0.25) is 0 Å². The first kappa shape index (κ1) is 11.2. The van der Waals surface area contributed by atoms with Gasteiger partial charge in [0.25, 0.3) is 0 Å². The summed E-state index contributed by atoms with van der Waals surface area (Å²) in [4.78, 5) is 6.78. The molecule has 3 heteroatoms. The highest BCUT2D eigenvalue weighted by Crippen LogP contribution is 2.29. The summed E-state index contributed by atoms with van der Waals surface area (Å²) in [5.41, 5.74) is 2.67. The molecule has 2 fully saturated rings. The highest BCUT2D eigenvalue weighted by molar-refractivity contribution is 5.21. The highest BCUT2D eigenvalue weighted by Gasteiger charge is 2.33. The van der Waals surface area contributed by atoms with Crippen LogP contribution in [-0.4, -0.2) is 35.1 Å². The normalized spacial score (nSPS) is 25.4. The Labute approximate surface area is 103 Å². The summed E-state index contributed by atoms with van der Waals surface area (Å²) in [6, 6.07) is 3.73. The molecular weight excluding hydrogens is 210 g/mol. The number of hydrogen-bond acceptors (Lipinski definition) is 3. The Hall–Kier alpha value is -0.930. The number of likely N-dealkylation sites (tertiary alicyclic amines) is 1. The Morgan fingerprint density at radius 2 is 2.29 bits per heavy atom. The minimum absolute atomic E-state index is 0.683. The lowest BCUT2D eigenvalue weighted by Gasteiger charge is -2.16. The molecule has 2 heterocycles. The Bertz CT molecular complexity index is 387. The molecule has 1 aromatic rings. The van der Waals surface area contributed by atoms with Crippen molar-refractivity contribution in [3.05, 3.63) is 29.6 Å². The molecule has 1 aliphatic carbocycles. The van der Waals surface area contributed by atoms with E-state index in [1.807, 2.05) is 12.4 Å². The van der Waals surface area contributed by atoms with Crippen molar-refractivity contribution in [2.75, 3.05) is 13.1 Å². The fraction of sp³-hybridized carbons (Fsp3) is 0.643. The summed E-state index contributed by atoms with van der Waals surface area (Å²) in [6.07, 6.45) is 7.99. The number of nitrogens with one attached hydrogen (secondary N) is 1. The van der Waals surface area contributed by atoms with E-state index in [1.54, 1.807) is 0 Å². The summed E-state index contributed by atoms with van der Waals surface area (Å²) < 4.78 is 0. The first-order valence-corrected chi connectivity index (χ1v) is 6.70. The van der Waals surface area contributed by atoms with Gasteiger partial charge in [0.15, 0.2) is 0 Å².